The van der Waals surface area contributed by atoms with Crippen LogP contribution in [0.2, 0.25) is 0 Å². The van der Waals surface area contributed by atoms with E-state index < -0.39 is 0 Å². The molecule has 4 nitrogen and oxygen atoms in total. The van der Waals surface area contributed by atoms with Crippen LogP contribution in [0.5, 0.6) is 0 Å². The maximum Gasteiger partial charge on any atom is 0.146 e. The second kappa shape index (κ2) is 9.08. The van der Waals surface area contributed by atoms with Gasteiger partial charge in [-0.25, -0.2) is 4.39 Å². The maximum absolute atomic E-state index is 14.0. The van der Waals surface area contributed by atoms with Gasteiger partial charge in [0.1, 0.15) is 5.82 Å². The lowest BCUT2D eigenvalue weighted by Gasteiger charge is -2.36. The van der Waals surface area contributed by atoms with Crippen LogP contribution < -0.4 is 4.90 Å². The zero-order chi connectivity index (χ0) is 20.1. The molecule has 0 saturated carbocycles. The summed E-state index contributed by atoms with van der Waals surface area (Å²) in [6, 6.07) is 9.39. The molecule has 1 aliphatic heterocycles. The molecule has 0 radical (unpaired) electrons. The van der Waals surface area contributed by atoms with Crippen molar-refractivity contribution in [1.82, 2.24) is 14.7 Å². The molecule has 28 heavy (non-hydrogen) atoms. The lowest BCUT2D eigenvalue weighted by Crippen LogP contribution is -2.47. The Morgan fingerprint density at radius 1 is 1.04 bits per heavy atom. The van der Waals surface area contributed by atoms with Gasteiger partial charge in [-0.2, -0.15) is 5.10 Å². The van der Waals surface area contributed by atoms with Crippen LogP contribution in [0.25, 0.3) is 0 Å². The van der Waals surface area contributed by atoms with E-state index in [1.807, 2.05) is 12.1 Å². The predicted molar refractivity (Wildman–Crippen MR) is 115 cm³/mol. The highest BCUT2D eigenvalue weighted by molar-refractivity contribution is 5.47. The first-order valence-electron chi connectivity index (χ1n) is 10.7. The molecule has 154 valence electrons. The molecule has 0 unspecified atom stereocenters. The summed E-state index contributed by atoms with van der Waals surface area (Å²) in [4.78, 5) is 4.65. The molecule has 0 aliphatic carbocycles. The van der Waals surface area contributed by atoms with Gasteiger partial charge in [0, 0.05) is 31.9 Å². The van der Waals surface area contributed by atoms with E-state index in [1.54, 1.807) is 12.1 Å². The van der Waals surface area contributed by atoms with Gasteiger partial charge in [-0.3, -0.25) is 9.58 Å². The molecule has 1 saturated heterocycles. The van der Waals surface area contributed by atoms with Crippen LogP contribution in [0.1, 0.15) is 51.9 Å². The molecule has 3 rings (SSSR count). The fourth-order valence-corrected chi connectivity index (χ4v) is 4.02. The summed E-state index contributed by atoms with van der Waals surface area (Å²) < 4.78 is 16.2. The summed E-state index contributed by atoms with van der Waals surface area (Å²) in [5, 5.41) is 4.89. The zero-order valence-corrected chi connectivity index (χ0v) is 17.9. The molecule has 2 aromatic rings. The van der Waals surface area contributed by atoms with Crippen LogP contribution in [-0.4, -0.2) is 47.4 Å². The molecule has 0 bridgehead atoms. The van der Waals surface area contributed by atoms with Crippen LogP contribution in [0.15, 0.2) is 30.3 Å². The van der Waals surface area contributed by atoms with Gasteiger partial charge in [-0.15, -0.1) is 0 Å². The van der Waals surface area contributed by atoms with Crippen molar-refractivity contribution in [2.45, 2.75) is 58.9 Å². The van der Waals surface area contributed by atoms with Gasteiger partial charge < -0.3 is 4.90 Å². The zero-order valence-electron chi connectivity index (χ0n) is 17.9. The summed E-state index contributed by atoms with van der Waals surface area (Å²) in [6.07, 6.45) is 4.37. The molecule has 5 heteroatoms. The molecule has 1 aromatic heterocycles. The van der Waals surface area contributed by atoms with Gasteiger partial charge in [0.05, 0.1) is 16.9 Å². The maximum atomic E-state index is 14.0. The topological polar surface area (TPSA) is 24.3 Å². The third kappa shape index (κ3) is 5.13. The van der Waals surface area contributed by atoms with E-state index >= 15 is 0 Å². The van der Waals surface area contributed by atoms with Crippen LogP contribution in [0.3, 0.4) is 0 Å². The highest BCUT2D eigenvalue weighted by Crippen LogP contribution is 2.21. The van der Waals surface area contributed by atoms with E-state index in [-0.39, 0.29) is 11.4 Å². The van der Waals surface area contributed by atoms with Crippen LogP contribution in [-0.2, 0) is 18.4 Å². The van der Waals surface area contributed by atoms with Gasteiger partial charge in [0.15, 0.2) is 0 Å². The molecule has 1 aromatic carbocycles. The lowest BCUT2D eigenvalue weighted by atomic mass is 10.1. The number of para-hydroxylation sites is 1. The predicted octanol–water partition coefficient (Wildman–Crippen LogP) is 4.48. The molecular formula is C23H35FN4. The Hall–Kier alpha value is -1.88. The quantitative estimate of drug-likeness (QED) is 0.701. The van der Waals surface area contributed by atoms with E-state index in [2.05, 4.69) is 48.2 Å². The van der Waals surface area contributed by atoms with Crippen molar-refractivity contribution in [2.75, 3.05) is 37.6 Å². The summed E-state index contributed by atoms with van der Waals surface area (Å²) >= 11 is 0. The Morgan fingerprint density at radius 2 is 1.75 bits per heavy atom. The number of piperazine rings is 1. The average Bonchev–Trinajstić information content (AvgIpc) is 3.06. The fraction of sp³-hybridized carbons (Fsp3) is 0.609. The lowest BCUT2D eigenvalue weighted by molar-refractivity contribution is 0.254. The normalized spacial score (nSPS) is 16.0. The molecular weight excluding hydrogens is 351 g/mol. The summed E-state index contributed by atoms with van der Waals surface area (Å²) in [5.74, 6) is -0.117. The Labute approximate surface area is 169 Å². The van der Waals surface area contributed by atoms with Crippen molar-refractivity contribution in [3.8, 4) is 0 Å². The molecule has 2 heterocycles. The average molecular weight is 387 g/mol. The first-order valence-corrected chi connectivity index (χ1v) is 10.7. The first-order chi connectivity index (χ1) is 13.4. The van der Waals surface area contributed by atoms with Gasteiger partial charge in [-0.1, -0.05) is 25.5 Å². The van der Waals surface area contributed by atoms with E-state index in [0.29, 0.717) is 0 Å². The summed E-state index contributed by atoms with van der Waals surface area (Å²) in [5.41, 5.74) is 3.33. The van der Waals surface area contributed by atoms with Crippen LogP contribution in [0.4, 0.5) is 10.1 Å². The summed E-state index contributed by atoms with van der Waals surface area (Å²) in [7, 11) is 0. The van der Waals surface area contributed by atoms with Gasteiger partial charge >= 0.3 is 0 Å². The van der Waals surface area contributed by atoms with Crippen LogP contribution in [0, 0.1) is 5.82 Å². The van der Waals surface area contributed by atoms with Crippen molar-refractivity contribution in [3.63, 3.8) is 0 Å². The van der Waals surface area contributed by atoms with Gasteiger partial charge in [-0.05, 0) is 64.8 Å². The minimum absolute atomic E-state index is 0.0335. The molecule has 0 atom stereocenters. The Balaban J connectivity index is 1.48. The smallest absolute Gasteiger partial charge is 0.146 e. The second-order valence-electron chi connectivity index (χ2n) is 8.84. The monoisotopic (exact) mass is 386 g/mol. The highest BCUT2D eigenvalue weighted by Gasteiger charge is 2.21. The SMILES string of the molecule is CCCc1cc(CCCN2CCN(c3ccccc3F)CC2)nn1C(C)(C)C. The Bertz CT molecular complexity index is 754. The molecule has 0 amide bonds. The van der Waals surface area contributed by atoms with Crippen molar-refractivity contribution in [3.05, 3.63) is 47.5 Å². The Morgan fingerprint density at radius 3 is 2.39 bits per heavy atom. The van der Waals surface area contributed by atoms with E-state index in [1.165, 1.54) is 11.4 Å². The number of hydrogen-bond acceptors (Lipinski definition) is 3. The van der Waals surface area contributed by atoms with Crippen molar-refractivity contribution in [2.24, 2.45) is 0 Å². The second-order valence-corrected chi connectivity index (χ2v) is 8.84. The van der Waals surface area contributed by atoms with Crippen molar-refractivity contribution < 1.29 is 4.39 Å². The minimum atomic E-state index is -0.117. The number of rotatable bonds is 7. The third-order valence-electron chi connectivity index (χ3n) is 5.45. The fourth-order valence-electron chi connectivity index (χ4n) is 4.02. The number of aryl methyl sites for hydroxylation is 2. The number of aromatic nitrogens is 2. The van der Waals surface area contributed by atoms with Crippen molar-refractivity contribution in [1.29, 1.82) is 0 Å². The third-order valence-corrected chi connectivity index (χ3v) is 5.45. The standard InChI is InChI=1S/C23H35FN4/c1-5-9-20-18-19(25-28(20)23(2,3)4)10-8-13-26-14-16-27(17-15-26)22-12-7-6-11-21(22)24/h6-7,11-12,18H,5,8-10,13-17H2,1-4H3. The van der Waals surface area contributed by atoms with E-state index in [0.717, 1.165) is 64.1 Å². The molecule has 0 N–H and O–H groups in total. The largest absolute Gasteiger partial charge is 0.367 e. The van der Waals surface area contributed by atoms with E-state index in [4.69, 9.17) is 5.10 Å². The number of anilines is 1. The highest BCUT2D eigenvalue weighted by atomic mass is 19.1. The van der Waals surface area contributed by atoms with E-state index in [9.17, 15) is 4.39 Å². The first kappa shape index (κ1) is 20.8. The Kier molecular flexibility index (Phi) is 6.76. The number of benzene rings is 1. The van der Waals surface area contributed by atoms with Crippen molar-refractivity contribution >= 4 is 5.69 Å². The summed E-state index contributed by atoms with van der Waals surface area (Å²) in [6.45, 7) is 13.7. The molecule has 1 fully saturated rings. The van der Waals surface area contributed by atoms with Gasteiger partial charge in [0.2, 0.25) is 0 Å². The molecule has 0 spiro atoms. The van der Waals surface area contributed by atoms with Gasteiger partial charge in [0.25, 0.3) is 0 Å². The number of nitrogens with zero attached hydrogens (tertiary/aromatic N) is 4. The number of halogens is 1. The number of hydrogen-bond donors (Lipinski definition) is 0. The minimum Gasteiger partial charge on any atom is -0.367 e. The molecule has 1 aliphatic rings. The van der Waals surface area contributed by atoms with Crippen LogP contribution >= 0.6 is 0 Å².